The zero-order valence-electron chi connectivity index (χ0n) is 11.6. The fourth-order valence-electron chi connectivity index (χ4n) is 1.92. The molecule has 1 heterocycles. The lowest BCUT2D eigenvalue weighted by atomic mass is 10.1. The van der Waals surface area contributed by atoms with E-state index < -0.39 is 0 Å². The molecule has 1 amide bonds. The number of aryl methyl sites for hydroxylation is 2. The summed E-state index contributed by atoms with van der Waals surface area (Å²) < 4.78 is 0. The Kier molecular flexibility index (Phi) is 5.12. The predicted molar refractivity (Wildman–Crippen MR) is 83.0 cm³/mol. The minimum atomic E-state index is -0.104. The second-order valence-corrected chi connectivity index (χ2v) is 5.63. The monoisotopic (exact) mass is 289 g/mol. The number of amides is 1. The van der Waals surface area contributed by atoms with Crippen LogP contribution >= 0.6 is 11.3 Å². The van der Waals surface area contributed by atoms with Crippen LogP contribution < -0.4 is 11.1 Å². The van der Waals surface area contributed by atoms with Crippen LogP contribution in [0, 0.1) is 6.92 Å². The van der Waals surface area contributed by atoms with Crippen molar-refractivity contribution in [3.8, 4) is 0 Å². The fourth-order valence-corrected chi connectivity index (χ4v) is 2.74. The Morgan fingerprint density at radius 1 is 1.35 bits per heavy atom. The van der Waals surface area contributed by atoms with Gasteiger partial charge in [0.2, 0.25) is 0 Å². The van der Waals surface area contributed by atoms with Crippen molar-refractivity contribution in [3.05, 3.63) is 45.9 Å². The Morgan fingerprint density at radius 3 is 2.85 bits per heavy atom. The van der Waals surface area contributed by atoms with E-state index in [4.69, 9.17) is 5.73 Å². The molecule has 1 aromatic heterocycles. The number of benzene rings is 1. The van der Waals surface area contributed by atoms with Crippen molar-refractivity contribution in [1.82, 2.24) is 10.3 Å². The maximum absolute atomic E-state index is 11.9. The summed E-state index contributed by atoms with van der Waals surface area (Å²) in [5, 5.41) is 6.13. The Labute approximate surface area is 123 Å². The third-order valence-electron chi connectivity index (χ3n) is 2.97. The molecule has 0 saturated heterocycles. The number of aromatic nitrogens is 1. The molecule has 106 valence electrons. The summed E-state index contributed by atoms with van der Waals surface area (Å²) in [5.74, 6) is -0.104. The van der Waals surface area contributed by atoms with E-state index >= 15 is 0 Å². The van der Waals surface area contributed by atoms with Crippen LogP contribution in [-0.2, 0) is 6.42 Å². The minimum absolute atomic E-state index is 0.104. The van der Waals surface area contributed by atoms with Crippen LogP contribution in [0.5, 0.6) is 0 Å². The van der Waals surface area contributed by atoms with Gasteiger partial charge in [-0.3, -0.25) is 4.79 Å². The summed E-state index contributed by atoms with van der Waals surface area (Å²) in [6.45, 7) is 2.67. The molecule has 20 heavy (non-hydrogen) atoms. The molecule has 2 rings (SSSR count). The molecule has 3 N–H and O–H groups in total. The van der Waals surface area contributed by atoms with Gasteiger partial charge in [0.05, 0.1) is 10.6 Å². The summed E-state index contributed by atoms with van der Waals surface area (Å²) in [5.41, 5.74) is 7.91. The average Bonchev–Trinajstić information content (AvgIpc) is 2.84. The van der Waals surface area contributed by atoms with Crippen molar-refractivity contribution in [2.45, 2.75) is 26.2 Å². The van der Waals surface area contributed by atoms with Gasteiger partial charge in [-0.2, -0.15) is 0 Å². The molecule has 0 unspecified atom stereocenters. The molecule has 0 fully saturated rings. The van der Waals surface area contributed by atoms with E-state index in [1.54, 1.807) is 23.5 Å². The van der Waals surface area contributed by atoms with Gasteiger partial charge < -0.3 is 11.1 Å². The molecule has 0 spiro atoms. The number of nitrogens with zero attached hydrogens (tertiary/aromatic N) is 1. The van der Waals surface area contributed by atoms with E-state index in [0.29, 0.717) is 17.8 Å². The number of thiazole rings is 1. The van der Waals surface area contributed by atoms with Gasteiger partial charge in [0.1, 0.15) is 0 Å². The highest BCUT2D eigenvalue weighted by atomic mass is 32.1. The number of para-hydroxylation sites is 1. The highest BCUT2D eigenvalue weighted by Crippen LogP contribution is 2.12. The summed E-state index contributed by atoms with van der Waals surface area (Å²) in [6, 6.07) is 7.11. The molecular formula is C15H19N3OS. The lowest BCUT2D eigenvalue weighted by molar-refractivity contribution is 0.0954. The van der Waals surface area contributed by atoms with Crippen LogP contribution in [0.25, 0.3) is 0 Å². The molecule has 4 nitrogen and oxygen atoms in total. The van der Waals surface area contributed by atoms with Gasteiger partial charge in [0, 0.05) is 23.3 Å². The van der Waals surface area contributed by atoms with E-state index in [1.165, 1.54) is 5.01 Å². The first-order valence-corrected chi connectivity index (χ1v) is 7.58. The van der Waals surface area contributed by atoms with Crippen LogP contribution in [0.15, 0.2) is 29.6 Å². The fraction of sp³-hybridized carbons (Fsp3) is 0.333. The van der Waals surface area contributed by atoms with Gasteiger partial charge in [-0.25, -0.2) is 4.98 Å². The Hall–Kier alpha value is -1.88. The molecule has 1 aromatic carbocycles. The van der Waals surface area contributed by atoms with Gasteiger partial charge in [0.25, 0.3) is 5.91 Å². The number of rotatable bonds is 6. The van der Waals surface area contributed by atoms with Crippen molar-refractivity contribution in [2.75, 3.05) is 12.3 Å². The molecule has 0 aliphatic heterocycles. The number of nitrogen functional groups attached to an aromatic ring is 1. The standard InChI is InChI=1S/C15H19N3OS/c1-11-10-20-14(18-11)8-4-5-9-17-15(19)12-6-2-3-7-13(12)16/h2-3,6-7,10H,4-5,8-9,16H2,1H3,(H,17,19). The number of hydrogen-bond acceptors (Lipinski definition) is 4. The zero-order valence-corrected chi connectivity index (χ0v) is 12.4. The number of anilines is 1. The maximum Gasteiger partial charge on any atom is 0.253 e. The third kappa shape index (κ3) is 4.06. The topological polar surface area (TPSA) is 68.0 Å². The van der Waals surface area contributed by atoms with Crippen molar-refractivity contribution in [2.24, 2.45) is 0 Å². The van der Waals surface area contributed by atoms with E-state index in [-0.39, 0.29) is 5.91 Å². The smallest absolute Gasteiger partial charge is 0.253 e. The quantitative estimate of drug-likeness (QED) is 0.634. The van der Waals surface area contributed by atoms with Gasteiger partial charge in [-0.15, -0.1) is 11.3 Å². The second-order valence-electron chi connectivity index (χ2n) is 4.68. The van der Waals surface area contributed by atoms with Crippen LogP contribution in [0.4, 0.5) is 5.69 Å². The molecule has 0 radical (unpaired) electrons. The van der Waals surface area contributed by atoms with Gasteiger partial charge >= 0.3 is 0 Å². The molecule has 2 aromatic rings. The predicted octanol–water partition coefficient (Wildman–Crippen LogP) is 2.79. The van der Waals surface area contributed by atoms with Crippen molar-refractivity contribution in [1.29, 1.82) is 0 Å². The molecule has 0 saturated carbocycles. The van der Waals surface area contributed by atoms with E-state index in [0.717, 1.165) is 25.0 Å². The first kappa shape index (κ1) is 14.5. The largest absolute Gasteiger partial charge is 0.398 e. The van der Waals surface area contributed by atoms with E-state index in [2.05, 4.69) is 15.7 Å². The molecule has 0 aliphatic carbocycles. The number of nitrogens with two attached hydrogens (primary N) is 1. The Bertz CT molecular complexity index is 580. The van der Waals surface area contributed by atoms with Gasteiger partial charge in [0.15, 0.2) is 0 Å². The van der Waals surface area contributed by atoms with Crippen LogP contribution in [0.2, 0.25) is 0 Å². The first-order valence-electron chi connectivity index (χ1n) is 6.70. The lowest BCUT2D eigenvalue weighted by Gasteiger charge is -2.06. The van der Waals surface area contributed by atoms with E-state index in [9.17, 15) is 4.79 Å². The number of carbonyl (C=O) groups excluding carboxylic acids is 1. The van der Waals surface area contributed by atoms with Crippen LogP contribution in [0.3, 0.4) is 0 Å². The Balaban J connectivity index is 1.68. The zero-order chi connectivity index (χ0) is 14.4. The lowest BCUT2D eigenvalue weighted by Crippen LogP contribution is -2.25. The summed E-state index contributed by atoms with van der Waals surface area (Å²) >= 11 is 1.70. The van der Waals surface area contributed by atoms with Crippen LogP contribution in [-0.4, -0.2) is 17.4 Å². The average molecular weight is 289 g/mol. The first-order chi connectivity index (χ1) is 9.66. The maximum atomic E-state index is 11.9. The molecular weight excluding hydrogens is 270 g/mol. The number of unbranched alkanes of at least 4 members (excludes halogenated alkanes) is 1. The third-order valence-corrected chi connectivity index (χ3v) is 4.00. The number of hydrogen-bond donors (Lipinski definition) is 2. The summed E-state index contributed by atoms with van der Waals surface area (Å²) in [6.07, 6.45) is 2.94. The van der Waals surface area contributed by atoms with Gasteiger partial charge in [-0.1, -0.05) is 12.1 Å². The van der Waals surface area contributed by atoms with E-state index in [1.807, 2.05) is 19.1 Å². The van der Waals surface area contributed by atoms with Crippen molar-refractivity contribution >= 4 is 22.9 Å². The SMILES string of the molecule is Cc1csc(CCCCNC(=O)c2ccccc2N)n1. The normalized spacial score (nSPS) is 10.4. The molecule has 0 aliphatic rings. The summed E-state index contributed by atoms with van der Waals surface area (Å²) in [7, 11) is 0. The highest BCUT2D eigenvalue weighted by Gasteiger charge is 2.07. The number of carbonyl (C=O) groups is 1. The number of nitrogens with one attached hydrogen (secondary N) is 1. The minimum Gasteiger partial charge on any atom is -0.398 e. The van der Waals surface area contributed by atoms with Crippen LogP contribution in [0.1, 0.15) is 33.9 Å². The van der Waals surface area contributed by atoms with Gasteiger partial charge in [-0.05, 0) is 38.3 Å². The molecule has 5 heteroatoms. The Morgan fingerprint density at radius 2 is 2.15 bits per heavy atom. The van der Waals surface area contributed by atoms with Crippen molar-refractivity contribution < 1.29 is 4.79 Å². The van der Waals surface area contributed by atoms with Crippen molar-refractivity contribution in [3.63, 3.8) is 0 Å². The molecule has 0 atom stereocenters. The summed E-state index contributed by atoms with van der Waals surface area (Å²) in [4.78, 5) is 16.3. The highest BCUT2D eigenvalue weighted by molar-refractivity contribution is 7.09. The second kappa shape index (κ2) is 7.05. The molecule has 0 bridgehead atoms.